The van der Waals surface area contributed by atoms with Gasteiger partial charge in [-0.25, -0.2) is 0 Å². The zero-order valence-electron chi connectivity index (χ0n) is 9.17. The molecule has 3 nitrogen and oxygen atoms in total. The van der Waals surface area contributed by atoms with Gasteiger partial charge in [0.25, 0.3) is 0 Å². The van der Waals surface area contributed by atoms with E-state index in [1.165, 1.54) is 0 Å². The topological polar surface area (TPSA) is 49.3 Å². The summed E-state index contributed by atoms with van der Waals surface area (Å²) >= 11 is 11.8. The Morgan fingerprint density at radius 1 is 1.41 bits per heavy atom. The van der Waals surface area contributed by atoms with Gasteiger partial charge in [0.05, 0.1) is 10.0 Å². The molecule has 1 fully saturated rings. The van der Waals surface area contributed by atoms with Gasteiger partial charge < -0.3 is 10.4 Å². The first-order valence-electron chi connectivity index (χ1n) is 5.46. The monoisotopic (exact) mass is 273 g/mol. The first-order chi connectivity index (χ1) is 8.03. The summed E-state index contributed by atoms with van der Waals surface area (Å²) in [7, 11) is 0. The normalized spacial score (nSPS) is 23.9. The van der Waals surface area contributed by atoms with Crippen molar-refractivity contribution in [2.45, 2.75) is 24.8 Å². The van der Waals surface area contributed by atoms with Gasteiger partial charge in [-0.15, -0.1) is 0 Å². The van der Waals surface area contributed by atoms with Gasteiger partial charge in [-0.1, -0.05) is 29.3 Å². The Hall–Kier alpha value is -0.770. The number of halogens is 2. The highest BCUT2D eigenvalue weighted by atomic mass is 35.5. The van der Waals surface area contributed by atoms with Crippen molar-refractivity contribution in [3.05, 3.63) is 33.8 Å². The van der Waals surface area contributed by atoms with E-state index in [-0.39, 0.29) is 0 Å². The highest BCUT2D eigenvalue weighted by molar-refractivity contribution is 6.42. The Balaban J connectivity index is 2.23. The van der Waals surface area contributed by atoms with E-state index in [1.54, 1.807) is 12.1 Å². The molecule has 0 amide bonds. The molecule has 0 aliphatic carbocycles. The van der Waals surface area contributed by atoms with Crippen LogP contribution in [0.1, 0.15) is 18.4 Å². The predicted octanol–water partition coefficient (Wildman–Crippen LogP) is 2.74. The average Bonchev–Trinajstić information content (AvgIpc) is 2.73. The second kappa shape index (κ2) is 4.84. The summed E-state index contributed by atoms with van der Waals surface area (Å²) in [6.07, 6.45) is 1.95. The Labute approximate surface area is 110 Å². The number of hydrogen-bond acceptors (Lipinski definition) is 2. The fraction of sp³-hybridized carbons (Fsp3) is 0.417. The fourth-order valence-corrected chi connectivity index (χ4v) is 2.53. The molecule has 1 aliphatic heterocycles. The number of rotatable bonds is 3. The van der Waals surface area contributed by atoms with Crippen molar-refractivity contribution >= 4 is 29.2 Å². The largest absolute Gasteiger partial charge is 0.480 e. The van der Waals surface area contributed by atoms with Crippen LogP contribution in [0.15, 0.2) is 18.2 Å². The molecule has 1 aromatic carbocycles. The second-order valence-electron chi connectivity index (χ2n) is 4.34. The molecule has 1 unspecified atom stereocenters. The number of carbonyl (C=O) groups is 1. The van der Waals surface area contributed by atoms with Gasteiger partial charge in [-0.3, -0.25) is 4.79 Å². The van der Waals surface area contributed by atoms with Crippen molar-refractivity contribution in [2.75, 3.05) is 6.54 Å². The fourth-order valence-electron chi connectivity index (χ4n) is 2.21. The molecule has 1 atom stereocenters. The summed E-state index contributed by atoms with van der Waals surface area (Å²) in [6, 6.07) is 5.25. The highest BCUT2D eigenvalue weighted by Crippen LogP contribution is 2.28. The van der Waals surface area contributed by atoms with E-state index in [9.17, 15) is 9.90 Å². The van der Waals surface area contributed by atoms with Gasteiger partial charge in [0.15, 0.2) is 0 Å². The minimum Gasteiger partial charge on any atom is -0.480 e. The van der Waals surface area contributed by atoms with Crippen LogP contribution < -0.4 is 5.32 Å². The Morgan fingerprint density at radius 3 is 2.71 bits per heavy atom. The molecule has 0 spiro atoms. The maximum Gasteiger partial charge on any atom is 0.324 e. The Bertz CT molecular complexity index is 442. The van der Waals surface area contributed by atoms with Crippen LogP contribution in [0, 0.1) is 0 Å². The zero-order valence-corrected chi connectivity index (χ0v) is 10.7. The summed E-state index contributed by atoms with van der Waals surface area (Å²) in [5, 5.41) is 13.4. The molecule has 2 rings (SSSR count). The number of aliphatic carboxylic acids is 1. The van der Waals surface area contributed by atoms with Crippen molar-refractivity contribution in [3.8, 4) is 0 Å². The van der Waals surface area contributed by atoms with Crippen molar-refractivity contribution in [2.24, 2.45) is 0 Å². The van der Waals surface area contributed by atoms with Crippen molar-refractivity contribution in [1.82, 2.24) is 5.32 Å². The van der Waals surface area contributed by atoms with Crippen molar-refractivity contribution in [1.29, 1.82) is 0 Å². The van der Waals surface area contributed by atoms with Crippen molar-refractivity contribution < 1.29 is 9.90 Å². The van der Waals surface area contributed by atoms with Gasteiger partial charge in [-0.2, -0.15) is 0 Å². The summed E-state index contributed by atoms with van der Waals surface area (Å²) < 4.78 is 0. The van der Waals surface area contributed by atoms with Crippen LogP contribution in [0.4, 0.5) is 0 Å². The lowest BCUT2D eigenvalue weighted by Gasteiger charge is -2.24. The lowest BCUT2D eigenvalue weighted by molar-refractivity contribution is -0.144. The van der Waals surface area contributed by atoms with E-state index >= 15 is 0 Å². The molecule has 0 saturated carbocycles. The third-order valence-electron chi connectivity index (χ3n) is 3.14. The Kier molecular flexibility index (Phi) is 3.61. The van der Waals surface area contributed by atoms with E-state index in [1.807, 2.05) is 6.07 Å². The lowest BCUT2D eigenvalue weighted by atomic mass is 9.89. The third kappa shape index (κ3) is 2.57. The van der Waals surface area contributed by atoms with E-state index in [2.05, 4.69) is 5.32 Å². The predicted molar refractivity (Wildman–Crippen MR) is 67.8 cm³/mol. The second-order valence-corrected chi connectivity index (χ2v) is 5.16. The molecule has 0 aromatic heterocycles. The van der Waals surface area contributed by atoms with Crippen molar-refractivity contribution in [3.63, 3.8) is 0 Å². The molecular weight excluding hydrogens is 261 g/mol. The first kappa shape index (κ1) is 12.7. The van der Waals surface area contributed by atoms with Crippen LogP contribution in [0.25, 0.3) is 0 Å². The molecule has 1 heterocycles. The molecule has 5 heteroatoms. The van der Waals surface area contributed by atoms with Crippen LogP contribution in [-0.2, 0) is 11.2 Å². The zero-order chi connectivity index (χ0) is 12.5. The average molecular weight is 274 g/mol. The summed E-state index contributed by atoms with van der Waals surface area (Å²) in [4.78, 5) is 11.4. The van der Waals surface area contributed by atoms with Gasteiger partial charge in [0.2, 0.25) is 0 Å². The Morgan fingerprint density at radius 2 is 2.18 bits per heavy atom. The molecule has 1 aromatic rings. The smallest absolute Gasteiger partial charge is 0.324 e. The molecule has 1 saturated heterocycles. The molecule has 92 valence electrons. The maximum atomic E-state index is 11.4. The van der Waals surface area contributed by atoms with Crippen LogP contribution in [-0.4, -0.2) is 23.2 Å². The van der Waals surface area contributed by atoms with E-state index in [4.69, 9.17) is 23.2 Å². The van der Waals surface area contributed by atoms with Crippen LogP contribution in [0.5, 0.6) is 0 Å². The molecule has 0 radical (unpaired) electrons. The van der Waals surface area contributed by atoms with Gasteiger partial charge in [-0.05, 0) is 37.1 Å². The lowest BCUT2D eigenvalue weighted by Crippen LogP contribution is -2.49. The van der Waals surface area contributed by atoms with E-state index in [0.29, 0.717) is 22.9 Å². The molecule has 2 N–H and O–H groups in total. The van der Waals surface area contributed by atoms with E-state index in [0.717, 1.165) is 18.5 Å². The van der Waals surface area contributed by atoms with Crippen LogP contribution >= 0.6 is 23.2 Å². The van der Waals surface area contributed by atoms with E-state index < -0.39 is 11.5 Å². The molecular formula is C12H13Cl2NO2. The minimum atomic E-state index is -0.850. The molecule has 17 heavy (non-hydrogen) atoms. The first-order valence-corrected chi connectivity index (χ1v) is 6.21. The number of carboxylic acid groups (broad SMARTS) is 1. The molecule has 1 aliphatic rings. The summed E-state index contributed by atoms with van der Waals surface area (Å²) in [5.74, 6) is -0.805. The SMILES string of the molecule is O=C(O)C1(Cc2ccc(Cl)c(Cl)c2)CCCN1. The number of nitrogens with one attached hydrogen (secondary N) is 1. The third-order valence-corrected chi connectivity index (χ3v) is 3.88. The highest BCUT2D eigenvalue weighted by Gasteiger charge is 2.41. The van der Waals surface area contributed by atoms with Crippen LogP contribution in [0.2, 0.25) is 10.0 Å². The minimum absolute atomic E-state index is 0.430. The summed E-state index contributed by atoms with van der Waals surface area (Å²) in [5.41, 5.74) is 0.0353. The van der Waals surface area contributed by atoms with Gasteiger partial charge in [0, 0.05) is 6.42 Å². The van der Waals surface area contributed by atoms with Crippen LogP contribution in [0.3, 0.4) is 0 Å². The summed E-state index contributed by atoms with van der Waals surface area (Å²) in [6.45, 7) is 0.744. The standard InChI is InChI=1S/C12H13Cl2NO2/c13-9-3-2-8(6-10(9)14)7-12(11(16)17)4-1-5-15-12/h2-3,6,15H,1,4-5,7H2,(H,16,17). The number of benzene rings is 1. The quantitative estimate of drug-likeness (QED) is 0.891. The van der Waals surface area contributed by atoms with Gasteiger partial charge in [0.1, 0.15) is 5.54 Å². The molecule has 0 bridgehead atoms. The van der Waals surface area contributed by atoms with Gasteiger partial charge >= 0.3 is 5.97 Å². The number of carboxylic acids is 1. The maximum absolute atomic E-state index is 11.4. The number of hydrogen-bond donors (Lipinski definition) is 2.